The molecule has 6 aromatic rings. The predicted molar refractivity (Wildman–Crippen MR) is 388 cm³/mol. The lowest BCUT2D eigenvalue weighted by Gasteiger charge is -2.22. The second-order valence-electron chi connectivity index (χ2n) is 25.0. The lowest BCUT2D eigenvalue weighted by Crippen LogP contribution is -2.39. The summed E-state index contributed by atoms with van der Waals surface area (Å²) in [5.41, 5.74) is 40.2. The van der Waals surface area contributed by atoms with Gasteiger partial charge in [-0.15, -0.1) is 0 Å². The number of anilines is 4. The number of carbonyl (C=O) groups excluding carboxylic acids is 5. The average molecular weight is 1400 g/mol. The molecule has 6 rings (SSSR count). The number of benzene rings is 4. The number of halogens is 2. The van der Waals surface area contributed by atoms with E-state index in [1.165, 1.54) is 16.5 Å². The molecular weight excluding hydrogens is 1300 g/mol. The van der Waals surface area contributed by atoms with Gasteiger partial charge in [0.25, 0.3) is 0 Å². The van der Waals surface area contributed by atoms with E-state index in [9.17, 15) is 24.0 Å². The van der Waals surface area contributed by atoms with Crippen molar-refractivity contribution < 1.29 is 47.7 Å². The Kier molecular flexibility index (Phi) is 32.2. The molecule has 0 saturated carbocycles. The van der Waals surface area contributed by atoms with Crippen LogP contribution in [0, 0.1) is 0 Å². The molecule has 0 spiro atoms. The van der Waals surface area contributed by atoms with Gasteiger partial charge in [0.2, 0.25) is 11.6 Å². The van der Waals surface area contributed by atoms with Crippen molar-refractivity contribution in [1.29, 1.82) is 0 Å². The van der Waals surface area contributed by atoms with Crippen molar-refractivity contribution >= 4 is 116 Å². The number of amidine groups is 1. The molecule has 0 aliphatic heterocycles. The average Bonchev–Trinajstić information content (AvgIpc) is 0.879. The smallest absolute Gasteiger partial charge is 0.413 e. The van der Waals surface area contributed by atoms with Gasteiger partial charge in [0, 0.05) is 26.1 Å². The third-order valence-corrected chi connectivity index (χ3v) is 13.4. The first-order chi connectivity index (χ1) is 46.1. The summed E-state index contributed by atoms with van der Waals surface area (Å²) < 4.78 is 26.8. The fourth-order valence-electron chi connectivity index (χ4n) is 8.40. The molecule has 0 aliphatic rings. The Labute approximate surface area is 581 Å². The van der Waals surface area contributed by atoms with Gasteiger partial charge in [-0.25, -0.2) is 44.3 Å². The van der Waals surface area contributed by atoms with Gasteiger partial charge in [-0.1, -0.05) is 78.3 Å². The van der Waals surface area contributed by atoms with E-state index in [0.717, 1.165) is 72.6 Å². The van der Waals surface area contributed by atoms with E-state index in [4.69, 9.17) is 87.0 Å². The maximum Gasteiger partial charge on any atom is 0.413 e. The number of guanidine groups is 2. The first-order valence-electron chi connectivity index (χ1n) is 31.6. The molecule has 4 aromatic carbocycles. The fraction of sp³-hybridized carbons (Fsp3) is 0.433. The van der Waals surface area contributed by atoms with Gasteiger partial charge >= 0.3 is 18.3 Å². The summed E-state index contributed by atoms with van der Waals surface area (Å²) in [5, 5.41) is 17.6. The summed E-state index contributed by atoms with van der Waals surface area (Å²) in [6, 6.07) is 25.0. The Morgan fingerprint density at radius 3 is 1.28 bits per heavy atom. The molecule has 2 heterocycles. The minimum absolute atomic E-state index is 0.00139. The number of nitrogens with two attached hydrogens (primary N) is 7. The molecule has 0 aliphatic carbocycles. The number of nitrogens with one attached hydrogen (secondary N) is 5. The number of amides is 3. The normalized spacial score (nSPS) is 11.8. The highest BCUT2D eigenvalue weighted by molar-refractivity contribution is 6.32. The van der Waals surface area contributed by atoms with Crippen molar-refractivity contribution in [3.8, 4) is 11.5 Å². The molecule has 0 atom stereocenters. The number of carbonyl (C=O) groups is 5. The number of Topliss-reactive ketones (excluding diaryl/α,β-unsaturated/α-hetero) is 2. The van der Waals surface area contributed by atoms with Crippen molar-refractivity contribution in [3.05, 3.63) is 118 Å². The molecule has 0 fully saturated rings. The summed E-state index contributed by atoms with van der Waals surface area (Å²) in [7, 11) is 0. The SMILES string of the molecule is C=C(NC(=O)OC(C)(C)C)NC(=O)OC(C)(C)C.CC(=NCCCOc1ccc2cc(CCCCNC(N)=NCC(=O)c3nc(Cl)c(N)nc3N)ccc2c1)NC(=O)OC(C)(C)C.NCCCOc1ccc2cc(CCCCNC(N)=NCC(=O)c3nc(Cl)c(N)nc3N)ccc2c1. The van der Waals surface area contributed by atoms with Gasteiger partial charge in [0.15, 0.2) is 56.9 Å². The Hall–Kier alpha value is -10.0. The van der Waals surface area contributed by atoms with Crippen LogP contribution in [0.5, 0.6) is 11.5 Å². The molecule has 2 aromatic heterocycles. The highest BCUT2D eigenvalue weighted by atomic mass is 35.5. The van der Waals surface area contributed by atoms with E-state index >= 15 is 0 Å². The first kappa shape index (κ1) is 80.4. The fourth-order valence-corrected chi connectivity index (χ4v) is 8.65. The number of unbranched alkanes of at least 4 members (excludes halogenated alkanes) is 2. The number of nitrogens with zero attached hydrogens (tertiary/aromatic N) is 7. The number of alkyl carbamates (subject to hydrolysis) is 3. The molecule has 0 unspecified atom stereocenters. The minimum atomic E-state index is -0.691. The molecule has 0 radical (unpaired) electrons. The minimum Gasteiger partial charge on any atom is -0.494 e. The summed E-state index contributed by atoms with van der Waals surface area (Å²) in [4.78, 5) is 86.8. The first-order valence-corrected chi connectivity index (χ1v) is 32.3. The standard InChI is InChI=1S/C31H42ClN9O4.C24H31ClN8O2.C12H22N2O4/c1-19(39-30(43)45-31(2,3)4)36-14-7-15-44-23-12-11-21-16-20(9-10-22(21)17-23)8-5-6-13-37-29(35)38-18-24(42)25-27(33)41-28(34)26(32)40-25;25-21-23(28)33-22(27)20(32-21)19(34)14-31-24(29)30-10-2-1-4-15-5-6-17-13-18(35-11-3-9-26)8-7-16(17)12-15;1-8(13-9(15)17-11(2,3)4)14-10(16)18-12(5,6)7/h9-12,16-17H,5-8,13-15,18H2,1-4H3,(H4,33,34,41)(H3,35,37,38)(H,36,39,43);5-8,12-13H,1-4,9-11,14,26H2,(H4,27,28,33)(H3,29,30,31);1H2,2-7H3,(H,13,15)(H,14,16). The van der Waals surface area contributed by atoms with E-state index < -0.39 is 46.6 Å². The number of ketones is 2. The number of fused-ring (bicyclic) bond motifs is 2. The Morgan fingerprint density at radius 2 is 0.878 bits per heavy atom. The number of rotatable bonds is 27. The van der Waals surface area contributed by atoms with Crippen molar-refractivity contribution in [1.82, 2.24) is 46.5 Å². The van der Waals surface area contributed by atoms with Crippen LogP contribution in [-0.2, 0) is 27.1 Å². The molecule has 0 bridgehead atoms. The van der Waals surface area contributed by atoms with Gasteiger partial charge in [0.05, 0.1) is 13.2 Å². The van der Waals surface area contributed by atoms with Crippen LogP contribution in [0.1, 0.15) is 140 Å². The van der Waals surface area contributed by atoms with Crippen molar-refractivity contribution in [3.63, 3.8) is 0 Å². The molecule has 0 saturated heterocycles. The molecule has 29 nitrogen and oxygen atoms in total. The maximum atomic E-state index is 12.3. The molecule has 19 N–H and O–H groups in total. The van der Waals surface area contributed by atoms with Crippen molar-refractivity contribution in [2.45, 2.75) is 137 Å². The van der Waals surface area contributed by atoms with Crippen LogP contribution in [0.2, 0.25) is 10.3 Å². The monoisotopic (exact) mass is 1400 g/mol. The molecule has 532 valence electrons. The van der Waals surface area contributed by atoms with Gasteiger partial charge in [-0.3, -0.25) is 30.5 Å². The summed E-state index contributed by atoms with van der Waals surface area (Å²) in [6.45, 7) is 24.1. The number of hydrogen-bond acceptors (Lipinski definition) is 22. The summed E-state index contributed by atoms with van der Waals surface area (Å²) in [6.07, 6.45) is 5.17. The Morgan fingerprint density at radius 1 is 0.500 bits per heavy atom. The van der Waals surface area contributed by atoms with E-state index in [2.05, 4.69) is 123 Å². The quantitative estimate of drug-likeness (QED) is 0.00751. The number of nitrogen functional groups attached to an aromatic ring is 4. The third-order valence-electron chi connectivity index (χ3n) is 12.8. The second-order valence-corrected chi connectivity index (χ2v) is 25.7. The van der Waals surface area contributed by atoms with Gasteiger partial charge in [0.1, 0.15) is 53.0 Å². The van der Waals surface area contributed by atoms with E-state index in [0.29, 0.717) is 51.6 Å². The zero-order chi connectivity index (χ0) is 72.8. The largest absolute Gasteiger partial charge is 0.494 e. The third kappa shape index (κ3) is 31.7. The van der Waals surface area contributed by atoms with E-state index in [1.54, 1.807) is 48.5 Å². The number of aryl methyl sites for hydroxylation is 2. The lowest BCUT2D eigenvalue weighted by atomic mass is 10.0. The highest BCUT2D eigenvalue weighted by Gasteiger charge is 2.22. The number of hydrogen-bond donors (Lipinski definition) is 12. The number of ether oxygens (including phenoxy) is 5. The van der Waals surface area contributed by atoms with Crippen LogP contribution in [0.25, 0.3) is 21.5 Å². The highest BCUT2D eigenvalue weighted by Crippen LogP contribution is 2.26. The Bertz CT molecular complexity index is 3760. The summed E-state index contributed by atoms with van der Waals surface area (Å²) in [5.74, 6) is 1.28. The van der Waals surface area contributed by atoms with Crippen LogP contribution >= 0.6 is 23.2 Å². The van der Waals surface area contributed by atoms with Gasteiger partial charge in [-0.2, -0.15) is 0 Å². The second kappa shape index (κ2) is 39.3. The lowest BCUT2D eigenvalue weighted by molar-refractivity contribution is 0.0504. The van der Waals surface area contributed by atoms with Crippen LogP contribution in [0.4, 0.5) is 37.7 Å². The molecule has 3 amide bonds. The number of aromatic nitrogens is 4. The van der Waals surface area contributed by atoms with E-state index in [-0.39, 0.29) is 75.8 Å². The molecule has 31 heteroatoms. The van der Waals surface area contributed by atoms with Crippen LogP contribution < -0.4 is 76.2 Å². The Balaban J connectivity index is 0.000000341. The van der Waals surface area contributed by atoms with Crippen LogP contribution in [-0.4, -0.2) is 137 Å². The summed E-state index contributed by atoms with van der Waals surface area (Å²) >= 11 is 11.6. The van der Waals surface area contributed by atoms with Gasteiger partial charge in [-0.05, 0) is 178 Å². The molecular formula is C67H95Cl2N19O10. The maximum absolute atomic E-state index is 12.3. The molecule has 98 heavy (non-hydrogen) atoms. The van der Waals surface area contributed by atoms with E-state index in [1.807, 2.05) is 39.0 Å². The topological polar surface area (TPSA) is 462 Å². The van der Waals surface area contributed by atoms with Crippen LogP contribution in [0.15, 0.2) is 100 Å². The van der Waals surface area contributed by atoms with Crippen molar-refractivity contribution in [2.75, 3.05) is 75.4 Å². The zero-order valence-electron chi connectivity index (χ0n) is 57.5. The van der Waals surface area contributed by atoms with Gasteiger partial charge < -0.3 is 74.5 Å². The number of aliphatic imine (C=N–C) groups is 3. The zero-order valence-corrected chi connectivity index (χ0v) is 59.0. The van der Waals surface area contributed by atoms with Crippen molar-refractivity contribution in [2.24, 2.45) is 32.2 Å². The van der Waals surface area contributed by atoms with Crippen LogP contribution in [0.3, 0.4) is 0 Å². The predicted octanol–water partition coefficient (Wildman–Crippen LogP) is 9.06.